The van der Waals surface area contributed by atoms with Crippen molar-refractivity contribution < 1.29 is 9.53 Å². The molecule has 0 radical (unpaired) electrons. The molecule has 0 aliphatic rings. The zero-order valence-corrected chi connectivity index (χ0v) is 15.2. The number of halogens is 1. The Morgan fingerprint density at radius 3 is 2.56 bits per heavy atom. The number of aromatic nitrogens is 1. The third kappa shape index (κ3) is 4.81. The molecule has 1 heterocycles. The summed E-state index contributed by atoms with van der Waals surface area (Å²) >= 11 is 7.41. The van der Waals surface area contributed by atoms with Gasteiger partial charge >= 0.3 is 0 Å². The molecule has 0 bridgehead atoms. The van der Waals surface area contributed by atoms with Crippen LogP contribution in [0.5, 0.6) is 5.75 Å². The van der Waals surface area contributed by atoms with Crippen molar-refractivity contribution in [3.8, 4) is 16.3 Å². The minimum atomic E-state index is -0.0999. The van der Waals surface area contributed by atoms with Crippen molar-refractivity contribution in [3.63, 3.8) is 0 Å². The molecule has 0 aliphatic carbocycles. The molecule has 1 aromatic heterocycles. The molecule has 6 heteroatoms. The predicted molar refractivity (Wildman–Crippen MR) is 103 cm³/mol. The molecule has 0 atom stereocenters. The Labute approximate surface area is 155 Å². The van der Waals surface area contributed by atoms with Gasteiger partial charge in [-0.05, 0) is 43.3 Å². The SMILES string of the molecule is CCOc1ccc(NC(=O)Cc2csc(-c3ccc(Cl)cc3)n2)cc1. The first-order chi connectivity index (χ1) is 12.1. The van der Waals surface area contributed by atoms with Gasteiger partial charge in [0.05, 0.1) is 18.7 Å². The van der Waals surface area contributed by atoms with E-state index < -0.39 is 0 Å². The van der Waals surface area contributed by atoms with Gasteiger partial charge < -0.3 is 10.1 Å². The van der Waals surface area contributed by atoms with Gasteiger partial charge in [-0.3, -0.25) is 4.79 Å². The molecule has 3 rings (SSSR count). The van der Waals surface area contributed by atoms with Gasteiger partial charge in [-0.25, -0.2) is 4.98 Å². The first-order valence-electron chi connectivity index (χ1n) is 7.87. The largest absolute Gasteiger partial charge is 0.494 e. The summed E-state index contributed by atoms with van der Waals surface area (Å²) in [5, 5.41) is 6.34. The fraction of sp³-hybridized carbons (Fsp3) is 0.158. The molecular weight excluding hydrogens is 356 g/mol. The highest BCUT2D eigenvalue weighted by atomic mass is 35.5. The number of nitrogens with zero attached hydrogens (tertiary/aromatic N) is 1. The van der Waals surface area contributed by atoms with Gasteiger partial charge in [0, 0.05) is 21.7 Å². The van der Waals surface area contributed by atoms with Crippen LogP contribution in [-0.4, -0.2) is 17.5 Å². The van der Waals surface area contributed by atoms with Crippen LogP contribution in [0.1, 0.15) is 12.6 Å². The van der Waals surface area contributed by atoms with Crippen LogP contribution in [0.25, 0.3) is 10.6 Å². The standard InChI is InChI=1S/C19H17ClN2O2S/c1-2-24-17-9-7-15(8-10-17)21-18(23)11-16-12-25-19(22-16)13-3-5-14(20)6-4-13/h3-10,12H,2,11H2,1H3,(H,21,23). The van der Waals surface area contributed by atoms with Gasteiger partial charge in [-0.1, -0.05) is 23.7 Å². The van der Waals surface area contributed by atoms with Crippen LogP contribution >= 0.6 is 22.9 Å². The normalized spacial score (nSPS) is 10.5. The van der Waals surface area contributed by atoms with Crippen LogP contribution < -0.4 is 10.1 Å². The zero-order valence-electron chi connectivity index (χ0n) is 13.7. The predicted octanol–water partition coefficient (Wildman–Crippen LogP) is 5.04. The summed E-state index contributed by atoms with van der Waals surface area (Å²) in [7, 11) is 0. The lowest BCUT2D eigenvalue weighted by Crippen LogP contribution is -2.14. The van der Waals surface area contributed by atoms with Crippen LogP contribution in [0.2, 0.25) is 5.02 Å². The Kier molecular flexibility index (Phi) is 5.68. The lowest BCUT2D eigenvalue weighted by Gasteiger charge is -2.06. The minimum Gasteiger partial charge on any atom is -0.494 e. The van der Waals surface area contributed by atoms with Crippen LogP contribution in [0.4, 0.5) is 5.69 Å². The van der Waals surface area contributed by atoms with E-state index in [0.717, 1.165) is 27.7 Å². The molecule has 0 saturated heterocycles. The first kappa shape index (κ1) is 17.5. The van der Waals surface area contributed by atoms with Crippen molar-refractivity contribution in [2.75, 3.05) is 11.9 Å². The number of carbonyl (C=O) groups excluding carboxylic acids is 1. The molecular formula is C19H17ClN2O2S. The number of carbonyl (C=O) groups is 1. The molecule has 128 valence electrons. The summed E-state index contributed by atoms with van der Waals surface area (Å²) in [6, 6.07) is 14.8. The number of thiazole rings is 1. The third-order valence-electron chi connectivity index (χ3n) is 3.43. The van der Waals surface area contributed by atoms with Crippen LogP contribution in [0.3, 0.4) is 0 Å². The highest BCUT2D eigenvalue weighted by Gasteiger charge is 2.09. The van der Waals surface area contributed by atoms with E-state index in [1.807, 2.05) is 60.8 Å². The van der Waals surface area contributed by atoms with Crippen molar-refractivity contribution >= 4 is 34.5 Å². The van der Waals surface area contributed by atoms with Gasteiger partial charge in [0.25, 0.3) is 0 Å². The lowest BCUT2D eigenvalue weighted by atomic mass is 10.2. The summed E-state index contributed by atoms with van der Waals surface area (Å²) in [5.74, 6) is 0.685. The van der Waals surface area contributed by atoms with Crippen LogP contribution in [-0.2, 0) is 11.2 Å². The molecule has 0 spiro atoms. The molecule has 0 fully saturated rings. The second-order valence-electron chi connectivity index (χ2n) is 5.33. The molecule has 3 aromatic rings. The summed E-state index contributed by atoms with van der Waals surface area (Å²) in [5.41, 5.74) is 2.48. The van der Waals surface area contributed by atoms with E-state index in [1.54, 1.807) is 0 Å². The second-order valence-corrected chi connectivity index (χ2v) is 6.63. The van der Waals surface area contributed by atoms with Gasteiger partial charge in [0.15, 0.2) is 0 Å². The fourth-order valence-corrected chi connectivity index (χ4v) is 3.24. The number of hydrogen-bond acceptors (Lipinski definition) is 4. The molecule has 0 unspecified atom stereocenters. The Morgan fingerprint density at radius 2 is 1.88 bits per heavy atom. The summed E-state index contributed by atoms with van der Waals surface area (Å²) in [6.07, 6.45) is 0.233. The van der Waals surface area contributed by atoms with Crippen molar-refractivity contribution in [3.05, 3.63) is 64.6 Å². The van der Waals surface area contributed by atoms with Crippen LogP contribution in [0, 0.1) is 0 Å². The monoisotopic (exact) mass is 372 g/mol. The number of rotatable bonds is 6. The number of anilines is 1. The van der Waals surface area contributed by atoms with Crippen molar-refractivity contribution in [2.24, 2.45) is 0 Å². The van der Waals surface area contributed by atoms with Crippen molar-refractivity contribution in [1.82, 2.24) is 4.98 Å². The van der Waals surface area contributed by atoms with Crippen molar-refractivity contribution in [1.29, 1.82) is 0 Å². The Balaban J connectivity index is 1.60. The Bertz CT molecular complexity index is 845. The number of benzene rings is 2. The number of amides is 1. The van der Waals surface area contributed by atoms with Gasteiger partial charge in [-0.2, -0.15) is 0 Å². The average molecular weight is 373 g/mol. The van der Waals surface area contributed by atoms with E-state index in [9.17, 15) is 4.79 Å². The Morgan fingerprint density at radius 1 is 1.16 bits per heavy atom. The molecule has 0 aliphatic heterocycles. The maximum atomic E-state index is 12.2. The number of ether oxygens (including phenoxy) is 1. The van der Waals surface area contributed by atoms with E-state index in [1.165, 1.54) is 11.3 Å². The summed E-state index contributed by atoms with van der Waals surface area (Å²) in [6.45, 7) is 2.55. The third-order valence-corrected chi connectivity index (χ3v) is 4.63. The molecule has 4 nitrogen and oxygen atoms in total. The van der Waals surface area contributed by atoms with Gasteiger partial charge in [0.1, 0.15) is 10.8 Å². The molecule has 1 N–H and O–H groups in total. The quantitative estimate of drug-likeness (QED) is 0.659. The van der Waals surface area contributed by atoms with E-state index in [0.29, 0.717) is 11.6 Å². The molecule has 1 amide bonds. The number of nitrogens with one attached hydrogen (secondary N) is 1. The summed E-state index contributed by atoms with van der Waals surface area (Å²) < 4.78 is 5.38. The fourth-order valence-electron chi connectivity index (χ4n) is 2.28. The first-order valence-corrected chi connectivity index (χ1v) is 9.13. The van der Waals surface area contributed by atoms with Gasteiger partial charge in [-0.15, -0.1) is 11.3 Å². The zero-order chi connectivity index (χ0) is 17.6. The smallest absolute Gasteiger partial charge is 0.230 e. The van der Waals surface area contributed by atoms with Crippen molar-refractivity contribution in [2.45, 2.75) is 13.3 Å². The van der Waals surface area contributed by atoms with Gasteiger partial charge in [0.2, 0.25) is 5.91 Å². The van der Waals surface area contributed by atoms with E-state index >= 15 is 0 Å². The number of hydrogen-bond donors (Lipinski definition) is 1. The van der Waals surface area contributed by atoms with E-state index in [2.05, 4.69) is 10.3 Å². The average Bonchev–Trinajstić information content (AvgIpc) is 3.06. The van der Waals surface area contributed by atoms with E-state index in [-0.39, 0.29) is 12.3 Å². The highest BCUT2D eigenvalue weighted by Crippen LogP contribution is 2.25. The van der Waals surface area contributed by atoms with E-state index in [4.69, 9.17) is 16.3 Å². The molecule has 2 aromatic carbocycles. The lowest BCUT2D eigenvalue weighted by molar-refractivity contribution is -0.115. The summed E-state index contributed by atoms with van der Waals surface area (Å²) in [4.78, 5) is 16.7. The van der Waals surface area contributed by atoms with Crippen LogP contribution in [0.15, 0.2) is 53.9 Å². The second kappa shape index (κ2) is 8.14. The molecule has 25 heavy (non-hydrogen) atoms. The maximum absolute atomic E-state index is 12.2. The topological polar surface area (TPSA) is 51.2 Å². The minimum absolute atomic E-state index is 0.0999. The highest BCUT2D eigenvalue weighted by molar-refractivity contribution is 7.13. The Hall–Kier alpha value is -2.37. The maximum Gasteiger partial charge on any atom is 0.230 e. The molecule has 0 saturated carbocycles.